The molecule has 0 aliphatic heterocycles. The second kappa shape index (κ2) is 4.66. The Balaban J connectivity index is 2.53. The Labute approximate surface area is 108 Å². The van der Waals surface area contributed by atoms with Crippen LogP contribution < -0.4 is 11.4 Å². The number of imidazole rings is 1. The number of nitrogens with one attached hydrogen (secondary N) is 2. The summed E-state index contributed by atoms with van der Waals surface area (Å²) in [4.78, 5) is 16.7. The van der Waals surface area contributed by atoms with Gasteiger partial charge in [0.2, 0.25) is 0 Å². The summed E-state index contributed by atoms with van der Waals surface area (Å²) >= 11 is 3.51. The number of aromatic amines is 2. The highest BCUT2D eigenvalue weighted by Crippen LogP contribution is 2.30. The highest BCUT2D eigenvalue weighted by molar-refractivity contribution is 9.10. The summed E-state index contributed by atoms with van der Waals surface area (Å²) in [5.74, 6) is 0.398. The van der Waals surface area contributed by atoms with Crippen LogP contribution in [0.2, 0.25) is 0 Å². The third-order valence-electron chi connectivity index (χ3n) is 3.25. The third-order valence-corrected chi connectivity index (χ3v) is 3.94. The summed E-state index contributed by atoms with van der Waals surface area (Å²) in [6.07, 6.45) is 1.02. The summed E-state index contributed by atoms with van der Waals surface area (Å²) in [5.41, 5.74) is 8.64. The Bertz CT molecular complexity index is 587. The van der Waals surface area contributed by atoms with Gasteiger partial charge in [0.05, 0.1) is 11.0 Å². The molecule has 1 heterocycles. The summed E-state index contributed by atoms with van der Waals surface area (Å²) < 4.78 is 0.938. The second-order valence-corrected chi connectivity index (χ2v) is 5.26. The average molecular weight is 298 g/mol. The van der Waals surface area contributed by atoms with Crippen molar-refractivity contribution in [3.63, 3.8) is 0 Å². The van der Waals surface area contributed by atoms with Crippen molar-refractivity contribution in [2.75, 3.05) is 0 Å². The molecular formula is C12H16BrN3O. The van der Waals surface area contributed by atoms with Gasteiger partial charge in [0, 0.05) is 10.5 Å². The van der Waals surface area contributed by atoms with Crippen molar-refractivity contribution in [2.24, 2.45) is 11.7 Å². The van der Waals surface area contributed by atoms with E-state index in [2.05, 4.69) is 39.7 Å². The SMILES string of the molecule is CCC(C)C(N)c1cc2[nH]c(=O)[nH]c2cc1Br. The molecule has 0 spiro atoms. The Kier molecular flexibility index (Phi) is 3.40. The van der Waals surface area contributed by atoms with E-state index in [9.17, 15) is 4.79 Å². The maximum Gasteiger partial charge on any atom is 0.323 e. The number of benzene rings is 1. The van der Waals surface area contributed by atoms with Gasteiger partial charge in [-0.25, -0.2) is 4.79 Å². The van der Waals surface area contributed by atoms with Gasteiger partial charge in [-0.3, -0.25) is 0 Å². The van der Waals surface area contributed by atoms with Crippen LogP contribution in [0, 0.1) is 5.92 Å². The van der Waals surface area contributed by atoms with Crippen molar-refractivity contribution in [3.8, 4) is 0 Å². The van der Waals surface area contributed by atoms with Crippen LogP contribution in [0.5, 0.6) is 0 Å². The average Bonchev–Trinajstić information content (AvgIpc) is 2.65. The van der Waals surface area contributed by atoms with Crippen LogP contribution in [-0.2, 0) is 0 Å². The van der Waals surface area contributed by atoms with E-state index in [0.717, 1.165) is 27.5 Å². The topological polar surface area (TPSA) is 74.7 Å². The van der Waals surface area contributed by atoms with E-state index in [-0.39, 0.29) is 11.7 Å². The van der Waals surface area contributed by atoms with Crippen LogP contribution in [0.1, 0.15) is 31.9 Å². The predicted molar refractivity (Wildman–Crippen MR) is 73.0 cm³/mol. The number of rotatable bonds is 3. The lowest BCUT2D eigenvalue weighted by atomic mass is 9.93. The zero-order valence-electron chi connectivity index (χ0n) is 9.88. The van der Waals surface area contributed by atoms with Crippen LogP contribution in [-0.4, -0.2) is 9.97 Å². The first-order valence-corrected chi connectivity index (χ1v) is 6.49. The van der Waals surface area contributed by atoms with E-state index in [1.165, 1.54) is 0 Å². The lowest BCUT2D eigenvalue weighted by Crippen LogP contribution is -2.19. The molecule has 0 aliphatic carbocycles. The first-order chi connectivity index (χ1) is 8.02. The van der Waals surface area contributed by atoms with Crippen LogP contribution >= 0.6 is 15.9 Å². The quantitative estimate of drug-likeness (QED) is 0.815. The van der Waals surface area contributed by atoms with Gasteiger partial charge >= 0.3 is 5.69 Å². The molecule has 0 radical (unpaired) electrons. The van der Waals surface area contributed by atoms with Crippen LogP contribution in [0.25, 0.3) is 11.0 Å². The smallest absolute Gasteiger partial charge is 0.323 e. The molecule has 0 bridgehead atoms. The monoisotopic (exact) mass is 297 g/mol. The molecule has 2 aromatic rings. The summed E-state index contributed by atoms with van der Waals surface area (Å²) in [6.45, 7) is 4.25. The molecule has 17 heavy (non-hydrogen) atoms. The second-order valence-electron chi connectivity index (χ2n) is 4.41. The number of hydrogen-bond donors (Lipinski definition) is 3. The minimum absolute atomic E-state index is 0.0304. The van der Waals surface area contributed by atoms with Gasteiger partial charge < -0.3 is 15.7 Å². The van der Waals surface area contributed by atoms with Crippen LogP contribution in [0.3, 0.4) is 0 Å². The molecule has 0 aliphatic rings. The maximum absolute atomic E-state index is 11.2. The lowest BCUT2D eigenvalue weighted by molar-refractivity contribution is 0.456. The molecule has 92 valence electrons. The van der Waals surface area contributed by atoms with E-state index < -0.39 is 0 Å². The molecule has 1 aromatic heterocycles. The first-order valence-electron chi connectivity index (χ1n) is 5.70. The summed E-state index contributed by atoms with van der Waals surface area (Å²) in [7, 11) is 0. The third kappa shape index (κ3) is 2.30. The van der Waals surface area contributed by atoms with Crippen molar-refractivity contribution in [1.82, 2.24) is 9.97 Å². The van der Waals surface area contributed by atoms with Gasteiger partial charge in [-0.2, -0.15) is 0 Å². The minimum atomic E-state index is -0.193. The molecule has 2 rings (SSSR count). The molecule has 0 saturated carbocycles. The van der Waals surface area contributed by atoms with Gasteiger partial charge in [-0.1, -0.05) is 36.2 Å². The van der Waals surface area contributed by atoms with E-state index in [0.29, 0.717) is 5.92 Å². The van der Waals surface area contributed by atoms with Crippen LogP contribution in [0.15, 0.2) is 21.4 Å². The molecule has 0 amide bonds. The van der Waals surface area contributed by atoms with Gasteiger partial charge in [-0.05, 0) is 23.6 Å². The van der Waals surface area contributed by atoms with E-state index in [4.69, 9.17) is 5.73 Å². The summed E-state index contributed by atoms with van der Waals surface area (Å²) in [6, 6.07) is 3.80. The van der Waals surface area contributed by atoms with Crippen molar-refractivity contribution >= 4 is 27.0 Å². The number of H-pyrrole nitrogens is 2. The zero-order valence-corrected chi connectivity index (χ0v) is 11.5. The van der Waals surface area contributed by atoms with Crippen molar-refractivity contribution in [2.45, 2.75) is 26.3 Å². The zero-order chi connectivity index (χ0) is 12.6. The molecule has 2 unspecified atom stereocenters. The highest BCUT2D eigenvalue weighted by Gasteiger charge is 2.17. The fourth-order valence-corrected chi connectivity index (χ4v) is 2.50. The fraction of sp³-hybridized carbons (Fsp3) is 0.417. The van der Waals surface area contributed by atoms with Crippen molar-refractivity contribution in [3.05, 3.63) is 32.7 Å². The van der Waals surface area contributed by atoms with E-state index in [1.807, 2.05) is 12.1 Å². The van der Waals surface area contributed by atoms with Gasteiger partial charge in [-0.15, -0.1) is 0 Å². The number of fused-ring (bicyclic) bond motifs is 1. The maximum atomic E-state index is 11.2. The number of halogens is 1. The Morgan fingerprint density at radius 3 is 2.53 bits per heavy atom. The molecule has 5 heteroatoms. The van der Waals surface area contributed by atoms with Gasteiger partial charge in [0.25, 0.3) is 0 Å². The van der Waals surface area contributed by atoms with Gasteiger partial charge in [0.1, 0.15) is 0 Å². The standard InChI is InChI=1S/C12H16BrN3O/c1-3-6(2)11(14)7-4-9-10(5-8(7)13)16-12(17)15-9/h4-6,11H,3,14H2,1-2H3,(H2,15,16,17). The molecule has 1 aromatic carbocycles. The van der Waals surface area contributed by atoms with Crippen molar-refractivity contribution < 1.29 is 0 Å². The molecular weight excluding hydrogens is 282 g/mol. The molecule has 4 nitrogen and oxygen atoms in total. The Hall–Kier alpha value is -1.07. The predicted octanol–water partition coefficient (Wildman–Crippen LogP) is 2.66. The number of hydrogen-bond acceptors (Lipinski definition) is 2. The number of nitrogens with two attached hydrogens (primary N) is 1. The lowest BCUT2D eigenvalue weighted by Gasteiger charge is -2.20. The molecule has 4 N–H and O–H groups in total. The Morgan fingerprint density at radius 2 is 1.94 bits per heavy atom. The van der Waals surface area contributed by atoms with Crippen LogP contribution in [0.4, 0.5) is 0 Å². The fourth-order valence-electron chi connectivity index (χ4n) is 1.89. The van der Waals surface area contributed by atoms with E-state index >= 15 is 0 Å². The van der Waals surface area contributed by atoms with Crippen molar-refractivity contribution in [1.29, 1.82) is 0 Å². The largest absolute Gasteiger partial charge is 0.324 e. The first kappa shape index (κ1) is 12.4. The normalized spacial score (nSPS) is 15.1. The highest BCUT2D eigenvalue weighted by atomic mass is 79.9. The Morgan fingerprint density at radius 1 is 1.35 bits per heavy atom. The van der Waals surface area contributed by atoms with Gasteiger partial charge in [0.15, 0.2) is 0 Å². The number of aromatic nitrogens is 2. The molecule has 0 saturated heterocycles. The molecule has 2 atom stereocenters. The minimum Gasteiger partial charge on any atom is -0.324 e. The molecule has 0 fully saturated rings. The summed E-state index contributed by atoms with van der Waals surface area (Å²) in [5, 5.41) is 0. The van der Waals surface area contributed by atoms with E-state index in [1.54, 1.807) is 0 Å².